The molecular weight excluding hydrogens is 142 g/mol. The van der Waals surface area contributed by atoms with E-state index in [1.807, 2.05) is 4.90 Å². The number of hydrogen-bond acceptors (Lipinski definition) is 2. The predicted octanol–water partition coefficient (Wildman–Crippen LogP) is 0.398. The molecule has 0 aromatic carbocycles. The highest BCUT2D eigenvalue weighted by Crippen LogP contribution is 2.17. The van der Waals surface area contributed by atoms with E-state index in [1.54, 1.807) is 0 Å². The van der Waals surface area contributed by atoms with E-state index in [-0.39, 0.29) is 12.0 Å². The quantitative estimate of drug-likeness (QED) is 0.548. The van der Waals surface area contributed by atoms with Gasteiger partial charge in [-0.3, -0.25) is 4.79 Å². The van der Waals surface area contributed by atoms with Gasteiger partial charge in [0, 0.05) is 19.7 Å². The Bertz CT molecular complexity index is 159. The SMILES string of the molecule is O=C([C@H]1CCCO1)N1CCC1. The van der Waals surface area contributed by atoms with Gasteiger partial charge in [-0.1, -0.05) is 0 Å². The van der Waals surface area contributed by atoms with Gasteiger partial charge in [-0.25, -0.2) is 0 Å². The monoisotopic (exact) mass is 155 g/mol. The van der Waals surface area contributed by atoms with Crippen LogP contribution in [0, 0.1) is 0 Å². The first-order valence-corrected chi connectivity index (χ1v) is 4.28. The first-order valence-electron chi connectivity index (χ1n) is 4.28. The second kappa shape index (κ2) is 2.81. The fourth-order valence-corrected chi connectivity index (χ4v) is 1.51. The summed E-state index contributed by atoms with van der Waals surface area (Å²) in [4.78, 5) is 13.3. The van der Waals surface area contributed by atoms with E-state index in [2.05, 4.69) is 0 Å². The molecule has 11 heavy (non-hydrogen) atoms. The Morgan fingerprint density at radius 2 is 2.18 bits per heavy atom. The van der Waals surface area contributed by atoms with Gasteiger partial charge in [0.25, 0.3) is 5.91 Å². The van der Waals surface area contributed by atoms with Crippen LogP contribution in [0.15, 0.2) is 0 Å². The Morgan fingerprint density at radius 1 is 1.36 bits per heavy atom. The molecule has 1 atom stereocenters. The normalized spacial score (nSPS) is 30.2. The van der Waals surface area contributed by atoms with Crippen molar-refractivity contribution in [3.63, 3.8) is 0 Å². The number of rotatable bonds is 1. The predicted molar refractivity (Wildman–Crippen MR) is 40.2 cm³/mol. The van der Waals surface area contributed by atoms with Crippen molar-refractivity contribution in [2.45, 2.75) is 25.4 Å². The molecule has 2 rings (SSSR count). The topological polar surface area (TPSA) is 29.5 Å². The molecule has 0 aromatic heterocycles. The van der Waals surface area contributed by atoms with Gasteiger partial charge in [-0.15, -0.1) is 0 Å². The fourth-order valence-electron chi connectivity index (χ4n) is 1.51. The number of carbonyl (C=O) groups excluding carboxylic acids is 1. The first-order chi connectivity index (χ1) is 5.38. The van der Waals surface area contributed by atoms with Crippen LogP contribution in [0.25, 0.3) is 0 Å². The number of nitrogens with zero attached hydrogens (tertiary/aromatic N) is 1. The summed E-state index contributed by atoms with van der Waals surface area (Å²) in [6.07, 6.45) is 3.04. The van der Waals surface area contributed by atoms with Crippen LogP contribution in [0.5, 0.6) is 0 Å². The standard InChI is InChI=1S/C8H13NO2/c10-8(9-4-2-5-9)7-3-1-6-11-7/h7H,1-6H2/t7-/m1/s1. The molecule has 3 heteroatoms. The summed E-state index contributed by atoms with van der Waals surface area (Å²) in [5.74, 6) is 0.216. The Balaban J connectivity index is 1.87. The molecule has 3 nitrogen and oxygen atoms in total. The minimum absolute atomic E-state index is 0.102. The van der Waals surface area contributed by atoms with E-state index < -0.39 is 0 Å². The van der Waals surface area contributed by atoms with Crippen molar-refractivity contribution in [1.82, 2.24) is 4.90 Å². The molecule has 0 saturated carbocycles. The molecule has 2 aliphatic rings. The fraction of sp³-hybridized carbons (Fsp3) is 0.875. The zero-order valence-electron chi connectivity index (χ0n) is 6.58. The van der Waals surface area contributed by atoms with Crippen molar-refractivity contribution in [3.05, 3.63) is 0 Å². The van der Waals surface area contributed by atoms with Gasteiger partial charge in [0.05, 0.1) is 0 Å². The van der Waals surface area contributed by atoms with Crippen LogP contribution in [-0.2, 0) is 9.53 Å². The molecule has 2 aliphatic heterocycles. The molecule has 0 spiro atoms. The summed E-state index contributed by atoms with van der Waals surface area (Å²) in [5, 5.41) is 0. The third-order valence-electron chi connectivity index (χ3n) is 2.37. The second-order valence-electron chi connectivity index (χ2n) is 3.18. The van der Waals surface area contributed by atoms with Crippen LogP contribution in [0.2, 0.25) is 0 Å². The molecule has 2 heterocycles. The third-order valence-corrected chi connectivity index (χ3v) is 2.37. The maximum atomic E-state index is 11.4. The highest BCUT2D eigenvalue weighted by atomic mass is 16.5. The van der Waals surface area contributed by atoms with Crippen molar-refractivity contribution < 1.29 is 9.53 Å². The molecule has 0 aliphatic carbocycles. The number of likely N-dealkylation sites (tertiary alicyclic amines) is 1. The maximum Gasteiger partial charge on any atom is 0.251 e. The molecule has 2 fully saturated rings. The maximum absolute atomic E-state index is 11.4. The van der Waals surface area contributed by atoms with Crippen LogP contribution in [0.1, 0.15) is 19.3 Å². The molecule has 0 N–H and O–H groups in total. The highest BCUT2D eigenvalue weighted by Gasteiger charge is 2.30. The summed E-state index contributed by atoms with van der Waals surface area (Å²) >= 11 is 0. The minimum Gasteiger partial charge on any atom is -0.368 e. The van der Waals surface area contributed by atoms with E-state index in [4.69, 9.17) is 4.74 Å². The van der Waals surface area contributed by atoms with Crippen molar-refractivity contribution in [3.8, 4) is 0 Å². The Labute approximate surface area is 66.3 Å². The zero-order chi connectivity index (χ0) is 7.68. The Hall–Kier alpha value is -0.570. The average molecular weight is 155 g/mol. The molecule has 0 radical (unpaired) electrons. The van der Waals surface area contributed by atoms with Crippen molar-refractivity contribution >= 4 is 5.91 Å². The summed E-state index contributed by atoms with van der Waals surface area (Å²) in [7, 11) is 0. The number of hydrogen-bond donors (Lipinski definition) is 0. The summed E-state index contributed by atoms with van der Waals surface area (Å²) < 4.78 is 5.28. The number of ether oxygens (including phenoxy) is 1. The van der Waals surface area contributed by atoms with Crippen molar-refractivity contribution in [2.24, 2.45) is 0 Å². The van der Waals surface area contributed by atoms with Crippen LogP contribution in [-0.4, -0.2) is 36.6 Å². The van der Waals surface area contributed by atoms with E-state index in [0.29, 0.717) is 0 Å². The van der Waals surface area contributed by atoms with Gasteiger partial charge < -0.3 is 9.64 Å². The molecule has 0 unspecified atom stereocenters. The van der Waals surface area contributed by atoms with Gasteiger partial charge in [-0.05, 0) is 19.3 Å². The summed E-state index contributed by atoms with van der Waals surface area (Å²) in [5.41, 5.74) is 0. The number of amides is 1. The van der Waals surface area contributed by atoms with Gasteiger partial charge >= 0.3 is 0 Å². The third kappa shape index (κ3) is 1.25. The molecule has 0 bridgehead atoms. The zero-order valence-corrected chi connectivity index (χ0v) is 6.58. The van der Waals surface area contributed by atoms with E-state index in [1.165, 1.54) is 6.42 Å². The highest BCUT2D eigenvalue weighted by molar-refractivity contribution is 5.81. The van der Waals surface area contributed by atoms with Crippen molar-refractivity contribution in [1.29, 1.82) is 0 Å². The van der Waals surface area contributed by atoms with E-state index in [0.717, 1.165) is 32.5 Å². The lowest BCUT2D eigenvalue weighted by Gasteiger charge is -2.32. The molecular formula is C8H13NO2. The van der Waals surface area contributed by atoms with Gasteiger partial charge in [0.2, 0.25) is 0 Å². The smallest absolute Gasteiger partial charge is 0.251 e. The molecule has 2 saturated heterocycles. The molecule has 62 valence electrons. The largest absolute Gasteiger partial charge is 0.368 e. The lowest BCUT2D eigenvalue weighted by molar-refractivity contribution is -0.144. The average Bonchev–Trinajstić information content (AvgIpc) is 2.32. The summed E-state index contributed by atoms with van der Waals surface area (Å²) in [6.45, 7) is 2.65. The lowest BCUT2D eigenvalue weighted by atomic mass is 10.1. The van der Waals surface area contributed by atoms with Crippen LogP contribution < -0.4 is 0 Å². The van der Waals surface area contributed by atoms with Gasteiger partial charge in [0.15, 0.2) is 0 Å². The van der Waals surface area contributed by atoms with E-state index >= 15 is 0 Å². The Kier molecular flexibility index (Phi) is 1.82. The van der Waals surface area contributed by atoms with Crippen LogP contribution in [0.3, 0.4) is 0 Å². The van der Waals surface area contributed by atoms with Crippen LogP contribution in [0.4, 0.5) is 0 Å². The van der Waals surface area contributed by atoms with E-state index in [9.17, 15) is 4.79 Å². The number of carbonyl (C=O) groups is 1. The van der Waals surface area contributed by atoms with Crippen LogP contribution >= 0.6 is 0 Å². The minimum atomic E-state index is -0.102. The Morgan fingerprint density at radius 3 is 2.64 bits per heavy atom. The second-order valence-corrected chi connectivity index (χ2v) is 3.18. The van der Waals surface area contributed by atoms with Crippen molar-refractivity contribution in [2.75, 3.05) is 19.7 Å². The summed E-state index contributed by atoms with van der Waals surface area (Å²) in [6, 6.07) is 0. The molecule has 0 aromatic rings. The van der Waals surface area contributed by atoms with Gasteiger partial charge in [-0.2, -0.15) is 0 Å². The first kappa shape index (κ1) is 7.10. The lowest BCUT2D eigenvalue weighted by Crippen LogP contribution is -2.47. The molecule has 1 amide bonds. The van der Waals surface area contributed by atoms with Gasteiger partial charge in [0.1, 0.15) is 6.10 Å².